The van der Waals surface area contributed by atoms with E-state index in [2.05, 4.69) is 20.3 Å². The highest BCUT2D eigenvalue weighted by Gasteiger charge is 2.14. The van der Waals surface area contributed by atoms with E-state index in [1.807, 2.05) is 79.9 Å². The molecule has 0 bridgehead atoms. The molecule has 7 heteroatoms. The zero-order chi connectivity index (χ0) is 22.6. The number of aromatic nitrogens is 5. The number of carbonyl (C=O) groups is 1. The molecule has 1 amide bonds. The van der Waals surface area contributed by atoms with Crippen LogP contribution in [0.5, 0.6) is 0 Å². The van der Waals surface area contributed by atoms with Crippen LogP contribution in [-0.2, 0) is 4.79 Å². The van der Waals surface area contributed by atoms with Crippen LogP contribution in [0.2, 0.25) is 0 Å². The molecule has 0 saturated heterocycles. The van der Waals surface area contributed by atoms with Crippen molar-refractivity contribution in [1.29, 1.82) is 0 Å². The maximum absolute atomic E-state index is 12.7. The number of hydrogen-bond acceptors (Lipinski definition) is 4. The number of nitrogens with zero attached hydrogens (tertiary/aromatic N) is 4. The Bertz CT molecular complexity index is 1390. The van der Waals surface area contributed by atoms with E-state index in [-0.39, 0.29) is 11.9 Å². The van der Waals surface area contributed by atoms with Crippen molar-refractivity contribution in [3.63, 3.8) is 0 Å². The van der Waals surface area contributed by atoms with Gasteiger partial charge in [-0.2, -0.15) is 5.10 Å². The molecule has 33 heavy (non-hydrogen) atoms. The molecule has 1 unspecified atom stereocenters. The lowest BCUT2D eigenvalue weighted by Gasteiger charge is -2.09. The Balaban J connectivity index is 1.38. The molecule has 0 saturated carbocycles. The summed E-state index contributed by atoms with van der Waals surface area (Å²) in [6.07, 6.45) is 8.68. The Morgan fingerprint density at radius 2 is 1.88 bits per heavy atom. The van der Waals surface area contributed by atoms with Crippen LogP contribution in [0, 0.1) is 0 Å². The molecule has 3 aromatic heterocycles. The predicted octanol–water partition coefficient (Wildman–Crippen LogP) is 4.70. The summed E-state index contributed by atoms with van der Waals surface area (Å²) < 4.78 is 1.80. The first-order chi connectivity index (χ1) is 16.2. The zero-order valence-corrected chi connectivity index (χ0v) is 18.0. The molecule has 5 aromatic rings. The average Bonchev–Trinajstić information content (AvgIpc) is 3.49. The van der Waals surface area contributed by atoms with Crippen LogP contribution in [0.1, 0.15) is 24.4 Å². The topological polar surface area (TPSA) is 88.5 Å². The van der Waals surface area contributed by atoms with Gasteiger partial charge in [0.25, 0.3) is 0 Å². The Kier molecular flexibility index (Phi) is 5.51. The van der Waals surface area contributed by atoms with Crippen LogP contribution in [0.4, 0.5) is 0 Å². The number of carbonyl (C=O) groups excluding carboxylic acids is 1. The fourth-order valence-electron chi connectivity index (χ4n) is 3.62. The van der Waals surface area contributed by atoms with E-state index in [0.29, 0.717) is 5.82 Å². The van der Waals surface area contributed by atoms with Crippen LogP contribution in [-0.4, -0.2) is 30.6 Å². The Hall–Kier alpha value is -4.52. The first-order valence-corrected chi connectivity index (χ1v) is 10.7. The summed E-state index contributed by atoms with van der Waals surface area (Å²) in [5.74, 6) is 0.499. The van der Waals surface area contributed by atoms with Gasteiger partial charge in [-0.15, -0.1) is 0 Å². The van der Waals surface area contributed by atoms with E-state index >= 15 is 0 Å². The molecule has 0 spiro atoms. The van der Waals surface area contributed by atoms with Crippen LogP contribution >= 0.6 is 0 Å². The van der Waals surface area contributed by atoms with Crippen molar-refractivity contribution >= 4 is 23.0 Å². The van der Waals surface area contributed by atoms with Gasteiger partial charge < -0.3 is 10.3 Å². The standard InChI is InChI=1S/C26H22N6O/c1-18(26-29-22-11-5-6-12-23(22)30-26)28-24(33)14-13-20-17-32(21-9-3-2-4-10-21)31-25(20)19-8-7-15-27-16-19/h2-18H,1H3,(H,28,33)(H,29,30)/b14-13+. The zero-order valence-electron chi connectivity index (χ0n) is 18.0. The van der Waals surface area contributed by atoms with E-state index in [0.717, 1.165) is 33.5 Å². The van der Waals surface area contributed by atoms with Crippen LogP contribution in [0.25, 0.3) is 34.1 Å². The summed E-state index contributed by atoms with van der Waals surface area (Å²) in [5, 5.41) is 7.71. The average molecular weight is 435 g/mol. The molecule has 162 valence electrons. The van der Waals surface area contributed by atoms with E-state index in [1.54, 1.807) is 23.2 Å². The minimum atomic E-state index is -0.264. The second-order valence-corrected chi connectivity index (χ2v) is 7.66. The summed E-state index contributed by atoms with van der Waals surface area (Å²) in [7, 11) is 0. The molecular formula is C26H22N6O. The van der Waals surface area contributed by atoms with Gasteiger partial charge in [0.2, 0.25) is 5.91 Å². The largest absolute Gasteiger partial charge is 0.343 e. The van der Waals surface area contributed by atoms with Gasteiger partial charge in [0.15, 0.2) is 0 Å². The van der Waals surface area contributed by atoms with Crippen LogP contribution < -0.4 is 5.32 Å². The Morgan fingerprint density at radius 3 is 2.67 bits per heavy atom. The number of benzene rings is 2. The molecule has 5 rings (SSSR count). The lowest BCUT2D eigenvalue weighted by atomic mass is 10.1. The first kappa shape index (κ1) is 20.4. The van der Waals surface area contributed by atoms with Gasteiger partial charge in [-0.1, -0.05) is 30.3 Å². The predicted molar refractivity (Wildman–Crippen MR) is 128 cm³/mol. The minimum absolute atomic E-state index is 0.215. The van der Waals surface area contributed by atoms with Crippen molar-refractivity contribution in [2.75, 3.05) is 0 Å². The fraction of sp³-hybridized carbons (Fsp3) is 0.0769. The van der Waals surface area contributed by atoms with E-state index in [4.69, 9.17) is 5.10 Å². The molecule has 2 aromatic carbocycles. The third kappa shape index (κ3) is 4.43. The second kappa shape index (κ2) is 8.92. The second-order valence-electron chi connectivity index (χ2n) is 7.66. The number of rotatable bonds is 6. The molecule has 0 aliphatic heterocycles. The van der Waals surface area contributed by atoms with Gasteiger partial charge in [0.1, 0.15) is 11.5 Å². The summed E-state index contributed by atoms with van der Waals surface area (Å²) in [5.41, 5.74) is 5.20. The maximum Gasteiger partial charge on any atom is 0.244 e. The van der Waals surface area contributed by atoms with Crippen LogP contribution in [0.3, 0.4) is 0 Å². The van der Waals surface area contributed by atoms with Gasteiger partial charge >= 0.3 is 0 Å². The SMILES string of the molecule is CC(NC(=O)/C=C/c1cn(-c2ccccc2)nc1-c1cccnc1)c1nc2ccccc2[nH]1. The number of nitrogens with one attached hydrogen (secondary N) is 2. The Morgan fingerprint density at radius 1 is 1.06 bits per heavy atom. The molecule has 0 radical (unpaired) electrons. The van der Waals surface area contributed by atoms with Crippen molar-refractivity contribution in [2.45, 2.75) is 13.0 Å². The van der Waals surface area contributed by atoms with Crippen LogP contribution in [0.15, 0.2) is 91.4 Å². The molecule has 0 aliphatic carbocycles. The maximum atomic E-state index is 12.7. The summed E-state index contributed by atoms with van der Waals surface area (Å²) in [6, 6.07) is 21.2. The monoisotopic (exact) mass is 434 g/mol. The highest BCUT2D eigenvalue weighted by atomic mass is 16.1. The third-order valence-electron chi connectivity index (χ3n) is 5.29. The number of fused-ring (bicyclic) bond motifs is 1. The highest BCUT2D eigenvalue weighted by Crippen LogP contribution is 2.24. The first-order valence-electron chi connectivity index (χ1n) is 10.7. The molecule has 7 nitrogen and oxygen atoms in total. The smallest absolute Gasteiger partial charge is 0.244 e. The molecule has 3 heterocycles. The summed E-state index contributed by atoms with van der Waals surface area (Å²) in [6.45, 7) is 1.90. The number of hydrogen-bond donors (Lipinski definition) is 2. The van der Waals surface area contributed by atoms with E-state index in [9.17, 15) is 4.79 Å². The van der Waals surface area contributed by atoms with Gasteiger partial charge in [-0.05, 0) is 49.4 Å². The molecule has 1 atom stereocenters. The van der Waals surface area contributed by atoms with E-state index < -0.39 is 0 Å². The number of amides is 1. The number of imidazole rings is 1. The lowest BCUT2D eigenvalue weighted by Crippen LogP contribution is -2.25. The normalized spacial score (nSPS) is 12.3. The van der Waals surface area contributed by atoms with E-state index in [1.165, 1.54) is 6.08 Å². The molecule has 0 aliphatic rings. The number of H-pyrrole nitrogens is 1. The number of aromatic amines is 1. The van der Waals surface area contributed by atoms with Crippen molar-refractivity contribution in [1.82, 2.24) is 30.0 Å². The summed E-state index contributed by atoms with van der Waals surface area (Å²) >= 11 is 0. The van der Waals surface area contributed by atoms with Crippen molar-refractivity contribution in [3.8, 4) is 16.9 Å². The number of para-hydroxylation sites is 3. The molecule has 0 fully saturated rings. The van der Waals surface area contributed by atoms with Gasteiger partial charge in [0, 0.05) is 35.8 Å². The van der Waals surface area contributed by atoms with Crippen molar-refractivity contribution in [3.05, 3.63) is 103 Å². The third-order valence-corrected chi connectivity index (χ3v) is 5.29. The van der Waals surface area contributed by atoms with Gasteiger partial charge in [-0.3, -0.25) is 9.78 Å². The molecule has 2 N–H and O–H groups in total. The van der Waals surface area contributed by atoms with Crippen molar-refractivity contribution < 1.29 is 4.79 Å². The number of pyridine rings is 1. The lowest BCUT2D eigenvalue weighted by molar-refractivity contribution is -0.117. The summed E-state index contributed by atoms with van der Waals surface area (Å²) in [4.78, 5) is 24.7. The van der Waals surface area contributed by atoms with Crippen molar-refractivity contribution in [2.24, 2.45) is 0 Å². The minimum Gasteiger partial charge on any atom is -0.343 e. The Labute approximate surface area is 190 Å². The quantitative estimate of drug-likeness (QED) is 0.379. The van der Waals surface area contributed by atoms with Gasteiger partial charge in [-0.25, -0.2) is 9.67 Å². The molecular weight excluding hydrogens is 412 g/mol. The van der Waals surface area contributed by atoms with Gasteiger partial charge in [0.05, 0.1) is 22.8 Å². The highest BCUT2D eigenvalue weighted by molar-refractivity contribution is 5.93. The fourth-order valence-corrected chi connectivity index (χ4v) is 3.62.